The van der Waals surface area contributed by atoms with Gasteiger partial charge in [-0.3, -0.25) is 4.79 Å². The van der Waals surface area contributed by atoms with Crippen LogP contribution in [0.25, 0.3) is 11.0 Å². The summed E-state index contributed by atoms with van der Waals surface area (Å²) in [6.45, 7) is 1.70. The molecule has 0 spiro atoms. The molecule has 2 aromatic rings. The van der Waals surface area contributed by atoms with Gasteiger partial charge in [0.15, 0.2) is 11.6 Å². The molecular formula is C11H10F2N2O2. The quantitative estimate of drug-likeness (QED) is 0.893. The Morgan fingerprint density at radius 1 is 1.47 bits per heavy atom. The molecule has 0 saturated heterocycles. The maximum absolute atomic E-state index is 13.1. The Morgan fingerprint density at radius 2 is 2.12 bits per heavy atom. The molecule has 0 radical (unpaired) electrons. The van der Waals surface area contributed by atoms with Crippen LogP contribution in [0.5, 0.6) is 0 Å². The van der Waals surface area contributed by atoms with Gasteiger partial charge in [-0.1, -0.05) is 6.92 Å². The minimum Gasteiger partial charge on any atom is -0.481 e. The van der Waals surface area contributed by atoms with Gasteiger partial charge in [-0.15, -0.1) is 0 Å². The van der Waals surface area contributed by atoms with Gasteiger partial charge in [0.1, 0.15) is 0 Å². The Hall–Kier alpha value is -1.98. The van der Waals surface area contributed by atoms with E-state index in [0.29, 0.717) is 11.0 Å². The number of carboxylic acid groups (broad SMARTS) is 1. The fraction of sp³-hybridized carbons (Fsp3) is 0.273. The van der Waals surface area contributed by atoms with Crippen LogP contribution in [0.2, 0.25) is 0 Å². The summed E-state index contributed by atoms with van der Waals surface area (Å²) in [5.41, 5.74) is 0.693. The summed E-state index contributed by atoms with van der Waals surface area (Å²) in [7, 11) is 0. The number of carboxylic acids is 1. The van der Waals surface area contributed by atoms with Crippen molar-refractivity contribution < 1.29 is 18.7 Å². The van der Waals surface area contributed by atoms with Gasteiger partial charge in [0.25, 0.3) is 0 Å². The van der Waals surface area contributed by atoms with Crippen molar-refractivity contribution in [2.75, 3.05) is 0 Å². The van der Waals surface area contributed by atoms with E-state index in [9.17, 15) is 13.6 Å². The van der Waals surface area contributed by atoms with Gasteiger partial charge in [-0.25, -0.2) is 13.8 Å². The maximum Gasteiger partial charge on any atom is 0.308 e. The maximum atomic E-state index is 13.1. The molecule has 0 bridgehead atoms. The number of aromatic nitrogens is 2. The first kappa shape index (κ1) is 11.5. The average Bonchev–Trinajstić information content (AvgIpc) is 2.62. The molecule has 1 N–H and O–H groups in total. The van der Waals surface area contributed by atoms with E-state index in [1.807, 2.05) is 0 Å². The molecule has 0 aliphatic carbocycles. The predicted molar refractivity (Wildman–Crippen MR) is 56.4 cm³/mol. The first-order valence-electron chi connectivity index (χ1n) is 5.01. The lowest BCUT2D eigenvalue weighted by Crippen LogP contribution is -2.16. The largest absolute Gasteiger partial charge is 0.481 e. The number of halogens is 2. The molecule has 0 aliphatic rings. The van der Waals surface area contributed by atoms with Gasteiger partial charge in [0.2, 0.25) is 0 Å². The third-order valence-electron chi connectivity index (χ3n) is 2.56. The van der Waals surface area contributed by atoms with Crippen LogP contribution in [-0.2, 0) is 11.3 Å². The first-order valence-corrected chi connectivity index (χ1v) is 5.01. The van der Waals surface area contributed by atoms with E-state index in [-0.39, 0.29) is 6.54 Å². The zero-order valence-corrected chi connectivity index (χ0v) is 9.02. The Bertz CT molecular complexity index is 580. The number of benzene rings is 1. The van der Waals surface area contributed by atoms with Crippen molar-refractivity contribution in [2.45, 2.75) is 13.5 Å². The second kappa shape index (κ2) is 4.12. The van der Waals surface area contributed by atoms with Crippen LogP contribution in [0.4, 0.5) is 8.78 Å². The number of hydrogen-bond donors (Lipinski definition) is 1. The lowest BCUT2D eigenvalue weighted by atomic mass is 10.2. The van der Waals surface area contributed by atoms with Crippen molar-refractivity contribution >= 4 is 17.0 Å². The highest BCUT2D eigenvalue weighted by Crippen LogP contribution is 2.18. The number of rotatable bonds is 3. The molecule has 1 heterocycles. The highest BCUT2D eigenvalue weighted by Gasteiger charge is 2.14. The van der Waals surface area contributed by atoms with E-state index in [1.54, 1.807) is 0 Å². The Morgan fingerprint density at radius 3 is 2.76 bits per heavy atom. The van der Waals surface area contributed by atoms with Crippen molar-refractivity contribution in [3.63, 3.8) is 0 Å². The topological polar surface area (TPSA) is 55.1 Å². The zero-order valence-electron chi connectivity index (χ0n) is 9.02. The Balaban J connectivity index is 2.42. The number of nitrogens with zero attached hydrogens (tertiary/aromatic N) is 2. The molecule has 1 aromatic heterocycles. The van der Waals surface area contributed by atoms with Crippen LogP contribution >= 0.6 is 0 Å². The van der Waals surface area contributed by atoms with Crippen molar-refractivity contribution in [1.82, 2.24) is 9.55 Å². The van der Waals surface area contributed by atoms with Crippen LogP contribution < -0.4 is 0 Å². The van der Waals surface area contributed by atoms with Crippen LogP contribution in [0, 0.1) is 17.6 Å². The summed E-state index contributed by atoms with van der Waals surface area (Å²) < 4.78 is 27.5. The molecule has 2 rings (SSSR count). The molecular weight excluding hydrogens is 230 g/mol. The van der Waals surface area contributed by atoms with E-state index in [2.05, 4.69) is 4.98 Å². The normalized spacial score (nSPS) is 12.9. The van der Waals surface area contributed by atoms with Gasteiger partial charge in [-0.05, 0) is 0 Å². The molecule has 6 heteroatoms. The van der Waals surface area contributed by atoms with Crippen LogP contribution in [0.1, 0.15) is 6.92 Å². The second-order valence-corrected chi connectivity index (χ2v) is 3.89. The summed E-state index contributed by atoms with van der Waals surface area (Å²) in [5.74, 6) is -3.51. The molecule has 4 nitrogen and oxygen atoms in total. The molecule has 0 saturated carbocycles. The summed E-state index contributed by atoms with van der Waals surface area (Å²) >= 11 is 0. The van der Waals surface area contributed by atoms with E-state index in [1.165, 1.54) is 17.8 Å². The smallest absolute Gasteiger partial charge is 0.308 e. The van der Waals surface area contributed by atoms with Crippen molar-refractivity contribution in [2.24, 2.45) is 5.92 Å². The predicted octanol–water partition coefficient (Wildman–Crippen LogP) is 2.04. The van der Waals surface area contributed by atoms with Gasteiger partial charge >= 0.3 is 5.97 Å². The highest BCUT2D eigenvalue weighted by atomic mass is 19.2. The minimum atomic E-state index is -0.970. The number of hydrogen-bond acceptors (Lipinski definition) is 2. The molecule has 90 valence electrons. The third kappa shape index (κ3) is 2.11. The van der Waals surface area contributed by atoms with Gasteiger partial charge in [0.05, 0.1) is 23.3 Å². The van der Waals surface area contributed by atoms with E-state index in [4.69, 9.17) is 5.11 Å². The monoisotopic (exact) mass is 240 g/mol. The number of carbonyl (C=O) groups is 1. The second-order valence-electron chi connectivity index (χ2n) is 3.89. The summed E-state index contributed by atoms with van der Waals surface area (Å²) in [5, 5.41) is 8.78. The summed E-state index contributed by atoms with van der Waals surface area (Å²) in [4.78, 5) is 14.6. The standard InChI is InChI=1S/C11H10F2N2O2/c1-6(11(16)17)4-15-5-14-9-2-7(12)8(13)3-10(9)15/h2-3,5-6H,4H2,1H3,(H,16,17). The van der Waals surface area contributed by atoms with E-state index >= 15 is 0 Å². The number of aliphatic carboxylic acids is 1. The summed E-state index contributed by atoms with van der Waals surface area (Å²) in [6, 6.07) is 2.01. The van der Waals surface area contributed by atoms with Crippen molar-refractivity contribution in [3.05, 3.63) is 30.1 Å². The third-order valence-corrected chi connectivity index (χ3v) is 2.56. The zero-order chi connectivity index (χ0) is 12.6. The first-order chi connectivity index (χ1) is 7.99. The lowest BCUT2D eigenvalue weighted by Gasteiger charge is -2.08. The molecule has 0 fully saturated rings. The minimum absolute atomic E-state index is 0.164. The molecule has 1 aromatic carbocycles. The van der Waals surface area contributed by atoms with E-state index in [0.717, 1.165) is 12.1 Å². The van der Waals surface area contributed by atoms with Gasteiger partial charge < -0.3 is 9.67 Å². The van der Waals surface area contributed by atoms with Crippen LogP contribution in [0.15, 0.2) is 18.5 Å². The Kier molecular flexibility index (Phi) is 2.79. The number of fused-ring (bicyclic) bond motifs is 1. The van der Waals surface area contributed by atoms with Crippen molar-refractivity contribution in [1.29, 1.82) is 0 Å². The van der Waals surface area contributed by atoms with Gasteiger partial charge in [-0.2, -0.15) is 0 Å². The van der Waals surface area contributed by atoms with Crippen LogP contribution in [0.3, 0.4) is 0 Å². The van der Waals surface area contributed by atoms with E-state index < -0.39 is 23.5 Å². The molecule has 0 aliphatic heterocycles. The Labute approximate surface area is 95.5 Å². The number of imidazole rings is 1. The van der Waals surface area contributed by atoms with Crippen LogP contribution in [-0.4, -0.2) is 20.6 Å². The lowest BCUT2D eigenvalue weighted by molar-refractivity contribution is -0.141. The fourth-order valence-electron chi connectivity index (χ4n) is 1.57. The SMILES string of the molecule is CC(Cn1cnc2cc(F)c(F)cc21)C(=O)O. The molecule has 0 amide bonds. The summed E-state index contributed by atoms with van der Waals surface area (Å²) in [6.07, 6.45) is 1.38. The van der Waals surface area contributed by atoms with Gasteiger partial charge in [0, 0.05) is 18.7 Å². The highest BCUT2D eigenvalue weighted by molar-refractivity contribution is 5.76. The molecule has 1 unspecified atom stereocenters. The molecule has 1 atom stereocenters. The fourth-order valence-corrected chi connectivity index (χ4v) is 1.57. The average molecular weight is 240 g/mol. The van der Waals surface area contributed by atoms with Crippen molar-refractivity contribution in [3.8, 4) is 0 Å². The molecule has 17 heavy (non-hydrogen) atoms.